The molecule has 0 unspecified atom stereocenters. The Morgan fingerprint density at radius 1 is 1.03 bits per heavy atom. The number of piperidine rings is 1. The number of aromatic nitrogens is 1. The molecule has 1 N–H and O–H groups in total. The van der Waals surface area contributed by atoms with Gasteiger partial charge in [-0.2, -0.15) is 0 Å². The number of nitrogens with one attached hydrogen (secondary N) is 1. The lowest BCUT2D eigenvalue weighted by atomic mass is 9.94. The van der Waals surface area contributed by atoms with E-state index in [2.05, 4.69) is 34.3 Å². The summed E-state index contributed by atoms with van der Waals surface area (Å²) in [5, 5.41) is 3.86. The largest absolute Gasteiger partial charge is 0.370 e. The zero-order chi connectivity index (χ0) is 26.9. The molecule has 1 fully saturated rings. The van der Waals surface area contributed by atoms with E-state index < -0.39 is 0 Å². The summed E-state index contributed by atoms with van der Waals surface area (Å²) < 4.78 is 1.03. The highest BCUT2D eigenvalue weighted by Gasteiger charge is 2.40. The van der Waals surface area contributed by atoms with Gasteiger partial charge in [0.1, 0.15) is 5.01 Å². The van der Waals surface area contributed by atoms with E-state index in [4.69, 9.17) is 0 Å². The molecule has 3 heterocycles. The van der Waals surface area contributed by atoms with Gasteiger partial charge in [0.05, 0.1) is 39.5 Å². The minimum absolute atomic E-state index is 0.0370. The summed E-state index contributed by atoms with van der Waals surface area (Å²) in [6, 6.07) is 23.4. The first-order valence-electron chi connectivity index (χ1n) is 13.4. The average Bonchev–Trinajstić information content (AvgIpc) is 3.50. The second kappa shape index (κ2) is 10.6. The number of anilines is 1. The summed E-state index contributed by atoms with van der Waals surface area (Å²) in [4.78, 5) is 48.0. The van der Waals surface area contributed by atoms with Gasteiger partial charge in [0.2, 0.25) is 5.91 Å². The highest BCUT2D eigenvalue weighted by molar-refractivity contribution is 7.18. The fraction of sp³-hybridized carbons (Fsp3) is 0.290. The molecule has 4 aromatic rings. The van der Waals surface area contributed by atoms with Gasteiger partial charge in [-0.05, 0) is 48.6 Å². The van der Waals surface area contributed by atoms with Crippen LogP contribution in [-0.2, 0) is 11.3 Å². The summed E-state index contributed by atoms with van der Waals surface area (Å²) in [7, 11) is 0. The normalized spacial score (nSPS) is 17.9. The number of carbonyl (C=O) groups excluding carboxylic acids is 3. The van der Waals surface area contributed by atoms with Crippen molar-refractivity contribution in [2.75, 3.05) is 24.5 Å². The molecule has 7 nitrogen and oxygen atoms in total. The van der Waals surface area contributed by atoms with Crippen molar-refractivity contribution in [1.29, 1.82) is 0 Å². The van der Waals surface area contributed by atoms with Crippen LogP contribution in [0.1, 0.15) is 57.0 Å². The van der Waals surface area contributed by atoms with E-state index in [1.54, 1.807) is 6.07 Å². The van der Waals surface area contributed by atoms with Gasteiger partial charge in [-0.25, -0.2) is 4.98 Å². The average molecular weight is 539 g/mol. The van der Waals surface area contributed by atoms with Crippen LogP contribution in [0, 0.1) is 5.92 Å². The molecule has 2 aliphatic rings. The van der Waals surface area contributed by atoms with Gasteiger partial charge in [0, 0.05) is 19.6 Å². The molecule has 2 atom stereocenters. The van der Waals surface area contributed by atoms with Crippen LogP contribution in [-0.4, -0.2) is 47.2 Å². The third kappa shape index (κ3) is 4.92. The highest BCUT2D eigenvalue weighted by atomic mass is 32.1. The van der Waals surface area contributed by atoms with Crippen LogP contribution in [0.4, 0.5) is 5.69 Å². The van der Waals surface area contributed by atoms with Crippen molar-refractivity contribution < 1.29 is 14.4 Å². The fourth-order valence-electron chi connectivity index (χ4n) is 5.55. The van der Waals surface area contributed by atoms with E-state index in [9.17, 15) is 14.4 Å². The van der Waals surface area contributed by atoms with Crippen LogP contribution in [0.15, 0.2) is 72.8 Å². The standard InChI is InChI=1S/C31H30N4O3S/c1-20(21-9-3-2-4-10-21)17-32-29(36)22-11-8-16-34(18-22)25-14-7-12-23-28(25)31(38)35(30(23)37)19-27-33-24-13-5-6-15-26(24)39-27/h2-7,9-10,12-15,20,22H,8,11,16-19H2,1H3,(H,32,36)/t20-,22-/m1/s1. The van der Waals surface area contributed by atoms with Crippen molar-refractivity contribution in [3.63, 3.8) is 0 Å². The number of imide groups is 1. The quantitative estimate of drug-likeness (QED) is 0.326. The van der Waals surface area contributed by atoms with Crippen LogP contribution in [0.5, 0.6) is 0 Å². The predicted octanol–water partition coefficient (Wildman–Crippen LogP) is 5.23. The minimum Gasteiger partial charge on any atom is -0.370 e. The van der Waals surface area contributed by atoms with Gasteiger partial charge in [0.25, 0.3) is 11.8 Å². The zero-order valence-corrected chi connectivity index (χ0v) is 22.6. The second-order valence-corrected chi connectivity index (χ2v) is 11.4. The maximum absolute atomic E-state index is 13.6. The Bertz CT molecular complexity index is 1520. The molecule has 0 aliphatic carbocycles. The lowest BCUT2D eigenvalue weighted by Gasteiger charge is -2.34. The molecule has 3 aromatic carbocycles. The van der Waals surface area contributed by atoms with Crippen molar-refractivity contribution >= 4 is 45.0 Å². The van der Waals surface area contributed by atoms with Crippen molar-refractivity contribution in [1.82, 2.24) is 15.2 Å². The van der Waals surface area contributed by atoms with Crippen molar-refractivity contribution in [3.8, 4) is 0 Å². The van der Waals surface area contributed by atoms with E-state index >= 15 is 0 Å². The third-order valence-corrected chi connectivity index (χ3v) is 8.71. The number of carbonyl (C=O) groups is 3. The minimum atomic E-state index is -0.298. The molecular weight excluding hydrogens is 508 g/mol. The third-order valence-electron chi connectivity index (χ3n) is 7.69. The van der Waals surface area contributed by atoms with E-state index in [-0.39, 0.29) is 36.1 Å². The monoisotopic (exact) mass is 538 g/mol. The van der Waals surface area contributed by atoms with Crippen molar-refractivity contribution in [3.05, 3.63) is 94.5 Å². The Balaban J connectivity index is 1.16. The number of fused-ring (bicyclic) bond motifs is 2. The van der Waals surface area contributed by atoms with E-state index in [0.717, 1.165) is 40.3 Å². The van der Waals surface area contributed by atoms with Gasteiger partial charge in [-0.1, -0.05) is 55.5 Å². The lowest BCUT2D eigenvalue weighted by molar-refractivity contribution is -0.125. The maximum atomic E-state index is 13.6. The van der Waals surface area contributed by atoms with Gasteiger partial charge >= 0.3 is 0 Å². The van der Waals surface area contributed by atoms with E-state index in [1.807, 2.05) is 54.6 Å². The van der Waals surface area contributed by atoms with Crippen LogP contribution < -0.4 is 10.2 Å². The Labute approximate surface area is 231 Å². The van der Waals surface area contributed by atoms with Crippen LogP contribution >= 0.6 is 11.3 Å². The summed E-state index contributed by atoms with van der Waals surface area (Å²) in [6.07, 6.45) is 1.64. The van der Waals surface area contributed by atoms with Gasteiger partial charge in [0.15, 0.2) is 0 Å². The highest BCUT2D eigenvalue weighted by Crippen LogP contribution is 2.35. The number of amides is 3. The topological polar surface area (TPSA) is 82.6 Å². The molecule has 3 amide bonds. The first kappa shape index (κ1) is 25.2. The van der Waals surface area contributed by atoms with Crippen LogP contribution in [0.2, 0.25) is 0 Å². The predicted molar refractivity (Wildman–Crippen MR) is 153 cm³/mol. The number of para-hydroxylation sites is 1. The first-order valence-corrected chi connectivity index (χ1v) is 14.2. The molecular formula is C31H30N4O3S. The Kier molecular flexibility index (Phi) is 6.87. The number of nitrogens with zero attached hydrogens (tertiary/aromatic N) is 3. The van der Waals surface area contributed by atoms with Gasteiger partial charge < -0.3 is 10.2 Å². The Hall–Kier alpha value is -4.04. The molecule has 0 radical (unpaired) electrons. The Morgan fingerprint density at radius 2 is 1.82 bits per heavy atom. The molecule has 6 rings (SSSR count). The van der Waals surface area contributed by atoms with E-state index in [0.29, 0.717) is 24.2 Å². The number of rotatable bonds is 7. The molecule has 1 saturated heterocycles. The van der Waals surface area contributed by atoms with Crippen molar-refractivity contribution in [2.24, 2.45) is 5.92 Å². The van der Waals surface area contributed by atoms with Crippen LogP contribution in [0.3, 0.4) is 0 Å². The summed E-state index contributed by atoms with van der Waals surface area (Å²) in [6.45, 7) is 4.09. The number of hydrogen-bond acceptors (Lipinski definition) is 6. The maximum Gasteiger partial charge on any atom is 0.264 e. The molecule has 198 valence electrons. The number of hydrogen-bond donors (Lipinski definition) is 1. The molecule has 1 aromatic heterocycles. The number of benzene rings is 3. The lowest BCUT2D eigenvalue weighted by Crippen LogP contribution is -2.44. The molecule has 39 heavy (non-hydrogen) atoms. The smallest absolute Gasteiger partial charge is 0.264 e. The summed E-state index contributed by atoms with van der Waals surface area (Å²) >= 11 is 1.50. The van der Waals surface area contributed by atoms with E-state index in [1.165, 1.54) is 21.8 Å². The summed E-state index contributed by atoms with van der Waals surface area (Å²) in [5.41, 5.74) is 3.64. The molecule has 2 aliphatic heterocycles. The zero-order valence-electron chi connectivity index (χ0n) is 21.8. The Morgan fingerprint density at radius 3 is 2.64 bits per heavy atom. The first-order chi connectivity index (χ1) is 19.0. The van der Waals surface area contributed by atoms with Crippen molar-refractivity contribution in [2.45, 2.75) is 32.2 Å². The summed E-state index contributed by atoms with van der Waals surface area (Å²) in [5.74, 6) is -0.513. The molecule has 8 heteroatoms. The molecule has 0 saturated carbocycles. The molecule has 0 spiro atoms. The second-order valence-electron chi connectivity index (χ2n) is 10.3. The molecule has 0 bridgehead atoms. The SMILES string of the molecule is C[C@H](CNC(=O)[C@@H]1CCCN(c2cccc3c2C(=O)N(Cc2nc4ccccc4s2)C3=O)C1)c1ccccc1. The van der Waals surface area contributed by atoms with Gasteiger partial charge in [-0.15, -0.1) is 11.3 Å². The number of thiazole rings is 1. The van der Waals surface area contributed by atoms with Crippen LogP contribution in [0.25, 0.3) is 10.2 Å². The van der Waals surface area contributed by atoms with Gasteiger partial charge in [-0.3, -0.25) is 19.3 Å². The fourth-order valence-corrected chi connectivity index (χ4v) is 6.51.